The molecular weight excluding hydrogens is 394 g/mol. The number of benzene rings is 3. The zero-order valence-electron chi connectivity index (χ0n) is 16.8. The molecule has 7 heteroatoms. The van der Waals surface area contributed by atoms with Gasteiger partial charge in [-0.2, -0.15) is 0 Å². The van der Waals surface area contributed by atoms with Gasteiger partial charge in [-0.3, -0.25) is 15.1 Å². The summed E-state index contributed by atoms with van der Waals surface area (Å²) in [4.78, 5) is 19.4. The zero-order chi connectivity index (χ0) is 21.6. The Morgan fingerprint density at radius 2 is 1.97 bits per heavy atom. The van der Waals surface area contributed by atoms with Gasteiger partial charge in [-0.05, 0) is 61.0 Å². The van der Waals surface area contributed by atoms with Crippen molar-refractivity contribution >= 4 is 34.8 Å². The summed E-state index contributed by atoms with van der Waals surface area (Å²) < 4.78 is 11.3. The van der Waals surface area contributed by atoms with E-state index in [1.165, 1.54) is 12.1 Å². The summed E-state index contributed by atoms with van der Waals surface area (Å²) in [6.45, 7) is 2.56. The molecule has 4 rings (SSSR count). The number of oxazole rings is 1. The highest BCUT2D eigenvalue weighted by Gasteiger charge is 2.09. The van der Waals surface area contributed by atoms with Crippen LogP contribution in [0.1, 0.15) is 12.5 Å². The minimum atomic E-state index is -0.417. The molecule has 0 radical (unpaired) electrons. The van der Waals surface area contributed by atoms with E-state index >= 15 is 0 Å². The topological polar surface area (TPSA) is 90.8 Å². The molecule has 0 atom stereocenters. The lowest BCUT2D eigenvalue weighted by molar-refractivity contribution is -0.384. The van der Waals surface area contributed by atoms with Gasteiger partial charge >= 0.3 is 0 Å². The smallest absolute Gasteiger partial charge is 0.270 e. The van der Waals surface area contributed by atoms with Crippen LogP contribution in [0.4, 0.5) is 11.4 Å². The Morgan fingerprint density at radius 1 is 1.13 bits per heavy atom. The molecule has 1 heterocycles. The van der Waals surface area contributed by atoms with E-state index in [2.05, 4.69) is 9.98 Å². The summed E-state index contributed by atoms with van der Waals surface area (Å²) in [7, 11) is 0. The van der Waals surface area contributed by atoms with Crippen molar-refractivity contribution in [2.24, 2.45) is 4.99 Å². The number of aliphatic imine (C=N–C) groups is 1. The van der Waals surface area contributed by atoms with Gasteiger partial charge in [0.1, 0.15) is 11.3 Å². The third-order valence-electron chi connectivity index (χ3n) is 4.46. The standard InChI is InChI=1S/C24H19N3O4/c1-2-30-21-11-8-18(9-12-21)24-26-22-16-19(10-13-23(22)31-24)25-14-4-6-17-5-3-7-20(15-17)27(28)29/h3-16H,2H2,1H3/b6-4+,25-14?. The number of nitro groups is 1. The highest BCUT2D eigenvalue weighted by Crippen LogP contribution is 2.28. The SMILES string of the molecule is CCOc1ccc(-c2nc3cc(N=C/C=C/c4cccc([N+](=O)[O-])c4)ccc3o2)cc1. The minimum Gasteiger partial charge on any atom is -0.494 e. The Bertz CT molecular complexity index is 1270. The molecule has 0 N–H and O–H groups in total. The number of rotatable bonds is 7. The zero-order valence-corrected chi connectivity index (χ0v) is 16.8. The second-order valence-electron chi connectivity index (χ2n) is 6.62. The highest BCUT2D eigenvalue weighted by molar-refractivity contribution is 5.84. The average molecular weight is 413 g/mol. The van der Waals surface area contributed by atoms with Crippen molar-refractivity contribution < 1.29 is 14.1 Å². The predicted octanol–water partition coefficient (Wildman–Crippen LogP) is 6.22. The molecule has 31 heavy (non-hydrogen) atoms. The molecule has 0 spiro atoms. The van der Waals surface area contributed by atoms with E-state index in [0.717, 1.165) is 22.6 Å². The first-order valence-corrected chi connectivity index (χ1v) is 9.71. The van der Waals surface area contributed by atoms with Crippen molar-refractivity contribution in [2.45, 2.75) is 6.92 Å². The third kappa shape index (κ3) is 4.84. The largest absolute Gasteiger partial charge is 0.494 e. The molecule has 0 aliphatic rings. The van der Waals surface area contributed by atoms with Gasteiger partial charge in [-0.25, -0.2) is 4.98 Å². The summed E-state index contributed by atoms with van der Waals surface area (Å²) >= 11 is 0. The molecule has 0 unspecified atom stereocenters. The number of nitro benzene ring substituents is 1. The quantitative estimate of drug-likeness (QED) is 0.204. The lowest BCUT2D eigenvalue weighted by Gasteiger charge is -2.02. The molecule has 154 valence electrons. The number of hydrogen-bond donors (Lipinski definition) is 0. The molecular formula is C24H19N3O4. The highest BCUT2D eigenvalue weighted by atomic mass is 16.6. The van der Waals surface area contributed by atoms with E-state index < -0.39 is 4.92 Å². The molecule has 0 aliphatic carbocycles. The second kappa shape index (κ2) is 9.04. The maximum atomic E-state index is 10.8. The number of fused-ring (bicyclic) bond motifs is 1. The van der Waals surface area contributed by atoms with Crippen LogP contribution in [0, 0.1) is 10.1 Å². The van der Waals surface area contributed by atoms with Crippen LogP contribution in [0.5, 0.6) is 5.75 Å². The molecule has 4 aromatic rings. The molecule has 3 aromatic carbocycles. The Morgan fingerprint density at radius 3 is 2.74 bits per heavy atom. The Labute approximate surface area is 178 Å². The van der Waals surface area contributed by atoms with Crippen molar-refractivity contribution in [3.8, 4) is 17.2 Å². The van der Waals surface area contributed by atoms with Crippen LogP contribution in [0.25, 0.3) is 28.6 Å². The van der Waals surface area contributed by atoms with Crippen LogP contribution in [0.3, 0.4) is 0 Å². The van der Waals surface area contributed by atoms with Gasteiger partial charge in [0, 0.05) is 23.9 Å². The lowest BCUT2D eigenvalue weighted by atomic mass is 10.2. The molecule has 0 amide bonds. The van der Waals surface area contributed by atoms with Crippen LogP contribution >= 0.6 is 0 Å². The normalized spacial score (nSPS) is 11.5. The van der Waals surface area contributed by atoms with Gasteiger partial charge in [0.2, 0.25) is 5.89 Å². The summed E-state index contributed by atoms with van der Waals surface area (Å²) in [5.74, 6) is 1.34. The molecule has 0 saturated carbocycles. The summed E-state index contributed by atoms with van der Waals surface area (Å²) in [6.07, 6.45) is 5.13. The fraction of sp³-hybridized carbons (Fsp3) is 0.0833. The van der Waals surface area contributed by atoms with Gasteiger partial charge in [0.05, 0.1) is 17.2 Å². The van der Waals surface area contributed by atoms with Crippen molar-refractivity contribution in [1.82, 2.24) is 4.98 Å². The summed E-state index contributed by atoms with van der Waals surface area (Å²) in [5.41, 5.74) is 3.76. The number of nitrogens with zero attached hydrogens (tertiary/aromatic N) is 3. The van der Waals surface area contributed by atoms with Gasteiger partial charge in [-0.15, -0.1) is 0 Å². The van der Waals surface area contributed by atoms with E-state index in [1.807, 2.05) is 49.4 Å². The number of hydrogen-bond acceptors (Lipinski definition) is 6. The van der Waals surface area contributed by atoms with Crippen LogP contribution in [0.15, 0.2) is 82.2 Å². The summed E-state index contributed by atoms with van der Waals surface area (Å²) in [6, 6.07) is 19.5. The predicted molar refractivity (Wildman–Crippen MR) is 121 cm³/mol. The van der Waals surface area contributed by atoms with Crippen molar-refractivity contribution in [2.75, 3.05) is 6.61 Å². The van der Waals surface area contributed by atoms with Crippen LogP contribution < -0.4 is 4.74 Å². The first-order chi connectivity index (χ1) is 15.1. The molecule has 0 saturated heterocycles. The van der Waals surface area contributed by atoms with Crippen molar-refractivity contribution in [3.63, 3.8) is 0 Å². The van der Waals surface area contributed by atoms with E-state index in [4.69, 9.17) is 9.15 Å². The monoisotopic (exact) mass is 413 g/mol. The average Bonchev–Trinajstić information content (AvgIpc) is 3.21. The van der Waals surface area contributed by atoms with Crippen LogP contribution in [-0.2, 0) is 0 Å². The Hall–Kier alpha value is -4.26. The van der Waals surface area contributed by atoms with Crippen LogP contribution in [0.2, 0.25) is 0 Å². The number of aromatic nitrogens is 1. The fourth-order valence-corrected chi connectivity index (χ4v) is 3.01. The van der Waals surface area contributed by atoms with Crippen LogP contribution in [-0.4, -0.2) is 22.7 Å². The van der Waals surface area contributed by atoms with E-state index in [0.29, 0.717) is 23.6 Å². The van der Waals surface area contributed by atoms with Gasteiger partial charge in [-0.1, -0.05) is 18.2 Å². The lowest BCUT2D eigenvalue weighted by Crippen LogP contribution is -1.90. The minimum absolute atomic E-state index is 0.0545. The first kappa shape index (κ1) is 20.0. The van der Waals surface area contributed by atoms with Crippen molar-refractivity contribution in [1.29, 1.82) is 0 Å². The van der Waals surface area contributed by atoms with Crippen molar-refractivity contribution in [3.05, 3.63) is 88.5 Å². The molecule has 0 bridgehead atoms. The molecule has 1 aromatic heterocycles. The molecule has 0 fully saturated rings. The Kier molecular flexibility index (Phi) is 5.84. The number of non-ortho nitro benzene ring substituents is 1. The van der Waals surface area contributed by atoms with E-state index in [1.54, 1.807) is 30.5 Å². The number of allylic oxidation sites excluding steroid dienone is 1. The molecule has 7 nitrogen and oxygen atoms in total. The maximum Gasteiger partial charge on any atom is 0.270 e. The third-order valence-corrected chi connectivity index (χ3v) is 4.46. The summed E-state index contributed by atoms with van der Waals surface area (Å²) in [5, 5.41) is 10.8. The van der Waals surface area contributed by atoms with Gasteiger partial charge < -0.3 is 9.15 Å². The second-order valence-corrected chi connectivity index (χ2v) is 6.62. The van der Waals surface area contributed by atoms with Gasteiger partial charge in [0.15, 0.2) is 5.58 Å². The first-order valence-electron chi connectivity index (χ1n) is 9.71. The van der Waals surface area contributed by atoms with Gasteiger partial charge in [0.25, 0.3) is 5.69 Å². The van der Waals surface area contributed by atoms with E-state index in [-0.39, 0.29) is 5.69 Å². The Balaban J connectivity index is 1.49. The molecule has 0 aliphatic heterocycles. The fourth-order valence-electron chi connectivity index (χ4n) is 3.01. The number of ether oxygens (including phenoxy) is 1. The maximum absolute atomic E-state index is 10.8. The van der Waals surface area contributed by atoms with E-state index in [9.17, 15) is 10.1 Å².